The fraction of sp³-hybridized carbons (Fsp3) is 0.500. The van der Waals surface area contributed by atoms with Crippen molar-refractivity contribution in [2.45, 2.75) is 38.6 Å². The Balaban J connectivity index is 0.00000280. The summed E-state index contributed by atoms with van der Waals surface area (Å²) in [7, 11) is 0. The van der Waals surface area contributed by atoms with Crippen molar-refractivity contribution >= 4 is 29.9 Å². The van der Waals surface area contributed by atoms with Gasteiger partial charge in [-0.25, -0.2) is 0 Å². The summed E-state index contributed by atoms with van der Waals surface area (Å²) in [6.45, 7) is 7.71. The number of nitrogens with one attached hydrogen (secondary N) is 2. The largest absolute Gasteiger partial charge is 0.469 e. The molecular weight excluding hydrogens is 465 g/mol. The number of ether oxygens (including phenoxy) is 1. The maximum Gasteiger partial charge on any atom is 0.191 e. The summed E-state index contributed by atoms with van der Waals surface area (Å²) in [5.41, 5.74) is 1.33. The van der Waals surface area contributed by atoms with Crippen LogP contribution in [-0.2, 0) is 11.2 Å². The summed E-state index contributed by atoms with van der Waals surface area (Å²) in [5, 5.41) is 7.04. The van der Waals surface area contributed by atoms with E-state index in [-0.39, 0.29) is 30.0 Å². The molecule has 0 radical (unpaired) electrons. The van der Waals surface area contributed by atoms with Crippen molar-refractivity contribution in [1.82, 2.24) is 10.6 Å². The van der Waals surface area contributed by atoms with Gasteiger partial charge in [-0.1, -0.05) is 37.3 Å². The molecule has 0 aliphatic carbocycles. The minimum atomic E-state index is 0. The van der Waals surface area contributed by atoms with Gasteiger partial charge in [-0.15, -0.1) is 24.0 Å². The van der Waals surface area contributed by atoms with E-state index in [1.165, 1.54) is 5.56 Å². The number of hydrogen-bond acceptors (Lipinski definition) is 3. The second-order valence-corrected chi connectivity index (χ2v) is 7.31. The van der Waals surface area contributed by atoms with E-state index in [9.17, 15) is 0 Å². The van der Waals surface area contributed by atoms with E-state index < -0.39 is 0 Å². The average molecular weight is 497 g/mol. The van der Waals surface area contributed by atoms with E-state index >= 15 is 0 Å². The molecule has 1 saturated heterocycles. The molecule has 1 aliphatic rings. The van der Waals surface area contributed by atoms with Crippen LogP contribution in [0.4, 0.5) is 0 Å². The molecule has 1 aromatic carbocycles. The molecule has 3 unspecified atom stereocenters. The number of halogens is 1. The molecule has 28 heavy (non-hydrogen) atoms. The number of aliphatic imine (C=N–C) groups is 1. The standard InChI is InChI=1S/C22H31N3O2.HI/c1-17(20-7-4-3-5-8-20)18(2)25-22(24-15-19-11-14-26-16-19)23-12-10-21-9-6-13-27-21;/h3-9,13,17-19H,10-12,14-16H2,1-2H3,(H2,23,24,25);1H. The third kappa shape index (κ3) is 7.13. The number of guanidine groups is 1. The van der Waals surface area contributed by atoms with Gasteiger partial charge in [0.05, 0.1) is 12.9 Å². The van der Waals surface area contributed by atoms with Gasteiger partial charge in [0, 0.05) is 44.0 Å². The molecule has 3 rings (SSSR count). The highest BCUT2D eigenvalue weighted by atomic mass is 127. The Morgan fingerprint density at radius 3 is 2.68 bits per heavy atom. The molecular formula is C22H32IN3O2. The van der Waals surface area contributed by atoms with Gasteiger partial charge in [0.1, 0.15) is 5.76 Å². The molecule has 6 heteroatoms. The summed E-state index contributed by atoms with van der Waals surface area (Å²) in [6, 6.07) is 14.8. The predicted molar refractivity (Wildman–Crippen MR) is 125 cm³/mol. The SMILES string of the molecule is CC(NC(=NCC1CCOC1)NCCc1ccco1)C(C)c1ccccc1.I. The van der Waals surface area contributed by atoms with Crippen molar-refractivity contribution < 1.29 is 9.15 Å². The van der Waals surface area contributed by atoms with Gasteiger partial charge < -0.3 is 19.8 Å². The van der Waals surface area contributed by atoms with E-state index in [0.717, 1.165) is 50.9 Å². The van der Waals surface area contributed by atoms with Crippen LogP contribution in [0.3, 0.4) is 0 Å². The fourth-order valence-corrected chi connectivity index (χ4v) is 3.25. The third-order valence-corrected chi connectivity index (χ3v) is 5.22. The molecule has 1 aromatic heterocycles. The van der Waals surface area contributed by atoms with Gasteiger partial charge in [0.2, 0.25) is 0 Å². The molecule has 3 atom stereocenters. The van der Waals surface area contributed by atoms with Crippen molar-refractivity contribution in [2.75, 3.05) is 26.3 Å². The molecule has 2 N–H and O–H groups in total. The summed E-state index contributed by atoms with van der Waals surface area (Å²) < 4.78 is 10.9. The highest BCUT2D eigenvalue weighted by Gasteiger charge is 2.18. The Kier molecular flexibility index (Phi) is 9.84. The van der Waals surface area contributed by atoms with Crippen molar-refractivity contribution in [3.05, 3.63) is 60.1 Å². The lowest BCUT2D eigenvalue weighted by Crippen LogP contribution is -2.45. The van der Waals surface area contributed by atoms with Gasteiger partial charge >= 0.3 is 0 Å². The summed E-state index contributed by atoms with van der Waals surface area (Å²) >= 11 is 0. The molecule has 0 amide bonds. The molecule has 0 saturated carbocycles. The Morgan fingerprint density at radius 2 is 2.00 bits per heavy atom. The fourth-order valence-electron chi connectivity index (χ4n) is 3.25. The lowest BCUT2D eigenvalue weighted by molar-refractivity contribution is 0.187. The van der Waals surface area contributed by atoms with E-state index in [1.54, 1.807) is 6.26 Å². The van der Waals surface area contributed by atoms with Gasteiger partial charge in [0.15, 0.2) is 5.96 Å². The van der Waals surface area contributed by atoms with Gasteiger partial charge in [-0.2, -0.15) is 0 Å². The molecule has 154 valence electrons. The minimum Gasteiger partial charge on any atom is -0.469 e. The Labute approximate surface area is 185 Å². The van der Waals surface area contributed by atoms with E-state index in [4.69, 9.17) is 14.1 Å². The molecule has 0 bridgehead atoms. The lowest BCUT2D eigenvalue weighted by Gasteiger charge is -2.24. The second-order valence-electron chi connectivity index (χ2n) is 7.31. The van der Waals surface area contributed by atoms with Gasteiger partial charge in [0.25, 0.3) is 0 Å². The van der Waals surface area contributed by atoms with Crippen LogP contribution in [-0.4, -0.2) is 38.3 Å². The summed E-state index contributed by atoms with van der Waals surface area (Å²) in [5.74, 6) is 2.76. The quantitative estimate of drug-likeness (QED) is 0.326. The first-order valence-corrected chi connectivity index (χ1v) is 9.92. The lowest BCUT2D eigenvalue weighted by atomic mass is 9.94. The zero-order valence-electron chi connectivity index (χ0n) is 16.8. The van der Waals surface area contributed by atoms with Crippen molar-refractivity contribution in [3.8, 4) is 0 Å². The van der Waals surface area contributed by atoms with Crippen LogP contribution >= 0.6 is 24.0 Å². The maximum absolute atomic E-state index is 5.47. The van der Waals surface area contributed by atoms with Crippen LogP contribution in [0.2, 0.25) is 0 Å². The van der Waals surface area contributed by atoms with Gasteiger partial charge in [-0.3, -0.25) is 4.99 Å². The predicted octanol–water partition coefficient (Wildman–Crippen LogP) is 4.20. The van der Waals surface area contributed by atoms with Crippen LogP contribution in [0, 0.1) is 5.92 Å². The molecule has 0 spiro atoms. The molecule has 5 nitrogen and oxygen atoms in total. The van der Waals surface area contributed by atoms with Crippen LogP contribution in [0.1, 0.15) is 37.5 Å². The first-order valence-electron chi connectivity index (χ1n) is 9.92. The molecule has 2 aromatic rings. The maximum atomic E-state index is 5.47. The monoisotopic (exact) mass is 497 g/mol. The van der Waals surface area contributed by atoms with Crippen molar-refractivity contribution in [2.24, 2.45) is 10.9 Å². The summed E-state index contributed by atoms with van der Waals surface area (Å²) in [4.78, 5) is 4.82. The highest BCUT2D eigenvalue weighted by molar-refractivity contribution is 14.0. The Morgan fingerprint density at radius 1 is 1.18 bits per heavy atom. The third-order valence-electron chi connectivity index (χ3n) is 5.22. The van der Waals surface area contributed by atoms with Crippen LogP contribution in [0.15, 0.2) is 58.1 Å². The minimum absolute atomic E-state index is 0. The number of hydrogen-bond donors (Lipinski definition) is 2. The second kappa shape index (κ2) is 12.1. The zero-order valence-corrected chi connectivity index (χ0v) is 19.1. The topological polar surface area (TPSA) is 58.8 Å². The number of nitrogens with zero attached hydrogens (tertiary/aromatic N) is 1. The van der Waals surface area contributed by atoms with E-state index in [2.05, 4.69) is 54.8 Å². The first-order chi connectivity index (χ1) is 13.2. The Hall–Kier alpha value is -1.54. The van der Waals surface area contributed by atoms with Gasteiger partial charge in [-0.05, 0) is 31.0 Å². The number of rotatable bonds is 8. The normalized spacial score (nSPS) is 18.9. The molecule has 1 fully saturated rings. The number of benzene rings is 1. The first kappa shape index (κ1) is 22.7. The molecule has 2 heterocycles. The smallest absolute Gasteiger partial charge is 0.191 e. The van der Waals surface area contributed by atoms with Crippen LogP contribution < -0.4 is 10.6 Å². The average Bonchev–Trinajstić information content (AvgIpc) is 3.40. The van der Waals surface area contributed by atoms with Crippen molar-refractivity contribution in [1.29, 1.82) is 0 Å². The van der Waals surface area contributed by atoms with E-state index in [1.807, 2.05) is 12.1 Å². The number of furan rings is 1. The Bertz CT molecular complexity index is 685. The summed E-state index contributed by atoms with van der Waals surface area (Å²) in [6.07, 6.45) is 3.65. The van der Waals surface area contributed by atoms with E-state index in [0.29, 0.717) is 11.8 Å². The van der Waals surface area contributed by atoms with Crippen molar-refractivity contribution in [3.63, 3.8) is 0 Å². The highest BCUT2D eigenvalue weighted by Crippen LogP contribution is 2.18. The zero-order chi connectivity index (χ0) is 18.9. The van der Waals surface area contributed by atoms with Crippen LogP contribution in [0.5, 0.6) is 0 Å². The molecule has 1 aliphatic heterocycles. The van der Waals surface area contributed by atoms with Crippen LogP contribution in [0.25, 0.3) is 0 Å².